The molecule has 0 aromatic carbocycles. The third-order valence-corrected chi connectivity index (χ3v) is 2.41. The molecule has 0 saturated carbocycles. The van der Waals surface area contributed by atoms with E-state index in [1.54, 1.807) is 32.0 Å². The molecule has 0 fully saturated rings. The minimum absolute atomic E-state index is 0.295. The van der Waals surface area contributed by atoms with Crippen LogP contribution in [-0.4, -0.2) is 27.3 Å². The Morgan fingerprint density at radius 2 is 1.96 bits per heavy atom. The monoisotopic (exact) mass is 316 g/mol. The van der Waals surface area contributed by atoms with E-state index < -0.39 is 5.97 Å². The molecule has 0 amide bonds. The second-order valence-electron chi connectivity index (χ2n) is 3.82. The Balaban J connectivity index is 0.00000112. The number of rotatable bonds is 3. The Labute approximate surface area is 137 Å². The average Bonchev–Trinajstić information content (AvgIpc) is 3.01. The number of ether oxygens (including phenoxy) is 1. The van der Waals surface area contributed by atoms with E-state index in [-0.39, 0.29) is 0 Å². The summed E-state index contributed by atoms with van der Waals surface area (Å²) < 4.78 is 6.38. The molecule has 2 aromatic heterocycles. The van der Waals surface area contributed by atoms with Gasteiger partial charge in [-0.2, -0.15) is 10.4 Å². The lowest BCUT2D eigenvalue weighted by Gasteiger charge is -2.05. The number of aromatic nitrogens is 3. The van der Waals surface area contributed by atoms with Crippen molar-refractivity contribution in [3.8, 4) is 11.9 Å². The van der Waals surface area contributed by atoms with Crippen molar-refractivity contribution in [2.75, 3.05) is 6.61 Å². The van der Waals surface area contributed by atoms with E-state index in [0.717, 1.165) is 0 Å². The van der Waals surface area contributed by atoms with Crippen LogP contribution in [0.25, 0.3) is 5.82 Å². The zero-order chi connectivity index (χ0) is 17.8. The highest BCUT2D eigenvalue weighted by atomic mass is 16.5. The number of carbonyl (C=O) groups excluding carboxylic acids is 1. The summed E-state index contributed by atoms with van der Waals surface area (Å²) in [6.45, 7) is 11.8. The van der Waals surface area contributed by atoms with Crippen molar-refractivity contribution >= 4 is 5.97 Å². The van der Waals surface area contributed by atoms with Gasteiger partial charge in [0.05, 0.1) is 17.9 Å². The minimum atomic E-state index is -0.450. The van der Waals surface area contributed by atoms with Crippen LogP contribution in [0.5, 0.6) is 0 Å². The Morgan fingerprint density at radius 1 is 1.30 bits per heavy atom. The van der Waals surface area contributed by atoms with Gasteiger partial charge in [-0.3, -0.25) is 0 Å². The van der Waals surface area contributed by atoms with Crippen molar-refractivity contribution in [1.82, 2.24) is 14.8 Å². The molecule has 0 bridgehead atoms. The maximum absolute atomic E-state index is 11.8. The van der Waals surface area contributed by atoms with E-state index in [4.69, 9.17) is 10.00 Å². The molecule has 0 spiro atoms. The van der Waals surface area contributed by atoms with Crippen LogP contribution in [-0.2, 0) is 4.74 Å². The lowest BCUT2D eigenvalue weighted by Crippen LogP contribution is -2.12. The van der Waals surface area contributed by atoms with E-state index >= 15 is 0 Å². The van der Waals surface area contributed by atoms with Gasteiger partial charge in [0.2, 0.25) is 0 Å². The Hall–Kier alpha value is -2.68. The first kappa shape index (κ1) is 20.3. The lowest BCUT2D eigenvalue weighted by atomic mass is 10.3. The van der Waals surface area contributed by atoms with Gasteiger partial charge in [0.25, 0.3) is 0 Å². The highest BCUT2D eigenvalue weighted by molar-refractivity contribution is 5.88. The van der Waals surface area contributed by atoms with Crippen LogP contribution >= 0.6 is 0 Å². The van der Waals surface area contributed by atoms with Crippen LogP contribution in [0.4, 0.5) is 0 Å². The Kier molecular flexibility index (Phi) is 9.69. The summed E-state index contributed by atoms with van der Waals surface area (Å²) in [5.41, 5.74) is 1.45. The van der Waals surface area contributed by atoms with Gasteiger partial charge < -0.3 is 4.74 Å². The van der Waals surface area contributed by atoms with Crippen LogP contribution in [0.15, 0.2) is 24.4 Å². The molecule has 0 aliphatic rings. The second kappa shape index (κ2) is 11.0. The number of pyridine rings is 1. The zero-order valence-electron chi connectivity index (χ0n) is 14.6. The van der Waals surface area contributed by atoms with Gasteiger partial charge in [0.1, 0.15) is 6.07 Å². The summed E-state index contributed by atoms with van der Waals surface area (Å²) in [5, 5.41) is 12.9. The number of hydrogen-bond donors (Lipinski definition) is 0. The SMILES string of the molecule is CC.CC.CCOC(=O)c1cc(C)nn1-c1ccc(C#N)cn1. The second-order valence-corrected chi connectivity index (χ2v) is 3.82. The highest BCUT2D eigenvalue weighted by Gasteiger charge is 2.16. The standard InChI is InChI=1S/C13H12N4O2.2C2H6/c1-3-19-13(18)11-6-9(2)16-17(11)12-5-4-10(7-14)8-15-12;2*1-2/h4-6,8H,3H2,1-2H3;2*1-2H3. The summed E-state index contributed by atoms with van der Waals surface area (Å²) in [4.78, 5) is 15.9. The molecule has 0 aliphatic heterocycles. The van der Waals surface area contributed by atoms with Crippen molar-refractivity contribution in [3.63, 3.8) is 0 Å². The van der Waals surface area contributed by atoms with Gasteiger partial charge in [-0.25, -0.2) is 14.5 Å². The molecule has 2 heterocycles. The number of hydrogen-bond acceptors (Lipinski definition) is 5. The molecule has 0 saturated heterocycles. The third kappa shape index (κ3) is 5.55. The maximum atomic E-state index is 11.8. The van der Waals surface area contributed by atoms with Crippen molar-refractivity contribution in [3.05, 3.63) is 41.3 Å². The Bertz CT molecular complexity index is 640. The number of aryl methyl sites for hydroxylation is 1. The van der Waals surface area contributed by atoms with Crippen LogP contribution in [0.2, 0.25) is 0 Å². The molecule has 0 unspecified atom stereocenters. The molecule has 23 heavy (non-hydrogen) atoms. The summed E-state index contributed by atoms with van der Waals surface area (Å²) in [6.07, 6.45) is 1.43. The smallest absolute Gasteiger partial charge is 0.357 e. The lowest BCUT2D eigenvalue weighted by molar-refractivity contribution is 0.0515. The quantitative estimate of drug-likeness (QED) is 0.807. The Morgan fingerprint density at radius 3 is 2.43 bits per heavy atom. The van der Waals surface area contributed by atoms with Crippen LogP contribution in [0.3, 0.4) is 0 Å². The van der Waals surface area contributed by atoms with E-state index in [2.05, 4.69) is 10.1 Å². The summed E-state index contributed by atoms with van der Waals surface area (Å²) in [7, 11) is 0. The third-order valence-electron chi connectivity index (χ3n) is 2.41. The predicted molar refractivity (Wildman–Crippen MR) is 89.5 cm³/mol. The van der Waals surface area contributed by atoms with Crippen molar-refractivity contribution < 1.29 is 9.53 Å². The molecule has 6 heteroatoms. The minimum Gasteiger partial charge on any atom is -0.461 e. The summed E-state index contributed by atoms with van der Waals surface area (Å²) in [6, 6.07) is 6.87. The largest absolute Gasteiger partial charge is 0.461 e. The fourth-order valence-electron chi connectivity index (χ4n) is 1.60. The normalized spacial score (nSPS) is 8.74. The molecule has 2 rings (SSSR count). The van der Waals surface area contributed by atoms with E-state index in [1.807, 2.05) is 33.8 Å². The predicted octanol–water partition coefficient (Wildman–Crippen LogP) is 3.68. The van der Waals surface area contributed by atoms with Gasteiger partial charge in [0.15, 0.2) is 11.5 Å². The van der Waals surface area contributed by atoms with Crippen molar-refractivity contribution in [1.29, 1.82) is 5.26 Å². The first-order chi connectivity index (χ1) is 11.2. The van der Waals surface area contributed by atoms with Gasteiger partial charge in [-0.15, -0.1) is 0 Å². The topological polar surface area (TPSA) is 80.8 Å². The molecular formula is C17H24N4O2. The first-order valence-electron chi connectivity index (χ1n) is 7.76. The van der Waals surface area contributed by atoms with E-state index in [9.17, 15) is 4.79 Å². The molecule has 0 radical (unpaired) electrons. The van der Waals surface area contributed by atoms with Gasteiger partial charge in [-0.05, 0) is 32.0 Å². The van der Waals surface area contributed by atoms with Crippen LogP contribution in [0.1, 0.15) is 56.4 Å². The zero-order valence-corrected chi connectivity index (χ0v) is 14.6. The molecule has 0 N–H and O–H groups in total. The van der Waals surface area contributed by atoms with Crippen molar-refractivity contribution in [2.45, 2.75) is 41.5 Å². The number of esters is 1. The average molecular weight is 316 g/mol. The summed E-state index contributed by atoms with van der Waals surface area (Å²) in [5.74, 6) is 0.0180. The molecule has 124 valence electrons. The molecule has 0 atom stereocenters. The van der Waals surface area contributed by atoms with Crippen molar-refractivity contribution in [2.24, 2.45) is 0 Å². The van der Waals surface area contributed by atoms with Gasteiger partial charge in [-0.1, -0.05) is 27.7 Å². The molecule has 6 nitrogen and oxygen atoms in total. The fraction of sp³-hybridized carbons (Fsp3) is 0.412. The number of nitriles is 1. The fourth-order valence-corrected chi connectivity index (χ4v) is 1.60. The maximum Gasteiger partial charge on any atom is 0.357 e. The molecule has 2 aromatic rings. The molecular weight excluding hydrogens is 292 g/mol. The van der Waals surface area contributed by atoms with E-state index in [1.165, 1.54) is 10.9 Å². The van der Waals surface area contributed by atoms with Crippen LogP contribution in [0, 0.1) is 18.3 Å². The first-order valence-corrected chi connectivity index (χ1v) is 7.76. The van der Waals surface area contributed by atoms with Crippen LogP contribution < -0.4 is 0 Å². The molecule has 0 aliphatic carbocycles. The van der Waals surface area contributed by atoms with Gasteiger partial charge >= 0.3 is 5.97 Å². The van der Waals surface area contributed by atoms with Gasteiger partial charge in [0, 0.05) is 6.20 Å². The highest BCUT2D eigenvalue weighted by Crippen LogP contribution is 2.12. The summed E-state index contributed by atoms with van der Waals surface area (Å²) >= 11 is 0. The van der Waals surface area contributed by atoms with E-state index in [0.29, 0.717) is 29.4 Å². The number of nitrogens with zero attached hydrogens (tertiary/aromatic N) is 4. The number of carbonyl (C=O) groups is 1.